The van der Waals surface area contributed by atoms with E-state index in [-0.39, 0.29) is 11.2 Å². The zero-order valence-electron chi connectivity index (χ0n) is 14.9. The quantitative estimate of drug-likeness (QED) is 0.562. The molecule has 2 heterocycles. The van der Waals surface area contributed by atoms with Gasteiger partial charge in [0.05, 0.1) is 5.70 Å². The summed E-state index contributed by atoms with van der Waals surface area (Å²) >= 11 is 0. The SMILES string of the molecule is C=C1n2nnc3cccc(c32)[C@](O)(c2ccccc2)[C@]1(O)c1ccccc1.O. The summed E-state index contributed by atoms with van der Waals surface area (Å²) in [5.74, 6) is 0. The minimum Gasteiger partial charge on any atom is -0.412 e. The Bertz CT molecular complexity index is 1170. The highest BCUT2D eigenvalue weighted by atomic mass is 16.4. The Balaban J connectivity index is 0.00000192. The zero-order chi connectivity index (χ0) is 18.6. The van der Waals surface area contributed by atoms with Gasteiger partial charge in [0.15, 0.2) is 11.2 Å². The number of hydrogen-bond acceptors (Lipinski definition) is 4. The van der Waals surface area contributed by atoms with Gasteiger partial charge in [-0.1, -0.05) is 84.6 Å². The van der Waals surface area contributed by atoms with Crippen LogP contribution in [0, 0.1) is 0 Å². The van der Waals surface area contributed by atoms with E-state index in [1.54, 1.807) is 30.3 Å². The number of para-hydroxylation sites is 1. The van der Waals surface area contributed by atoms with Gasteiger partial charge in [-0.15, -0.1) is 5.10 Å². The fraction of sp³-hybridized carbons (Fsp3) is 0.0909. The van der Waals surface area contributed by atoms with Gasteiger partial charge in [0, 0.05) is 5.56 Å². The van der Waals surface area contributed by atoms with Crippen molar-refractivity contribution in [1.82, 2.24) is 15.0 Å². The van der Waals surface area contributed by atoms with Crippen LogP contribution in [-0.4, -0.2) is 30.7 Å². The van der Waals surface area contributed by atoms with Crippen LogP contribution in [0.4, 0.5) is 0 Å². The van der Waals surface area contributed by atoms with E-state index in [9.17, 15) is 10.2 Å². The van der Waals surface area contributed by atoms with E-state index in [1.165, 1.54) is 4.68 Å². The second kappa shape index (κ2) is 6.10. The highest BCUT2D eigenvalue weighted by Crippen LogP contribution is 2.55. The molecule has 6 nitrogen and oxygen atoms in total. The van der Waals surface area contributed by atoms with Crippen LogP contribution in [-0.2, 0) is 11.2 Å². The van der Waals surface area contributed by atoms with E-state index in [4.69, 9.17) is 0 Å². The molecule has 0 fully saturated rings. The van der Waals surface area contributed by atoms with Crippen molar-refractivity contribution in [3.63, 3.8) is 0 Å². The van der Waals surface area contributed by atoms with Gasteiger partial charge >= 0.3 is 0 Å². The summed E-state index contributed by atoms with van der Waals surface area (Å²) in [5, 5.41) is 32.6. The summed E-state index contributed by atoms with van der Waals surface area (Å²) in [6.07, 6.45) is 0. The van der Waals surface area contributed by atoms with Crippen molar-refractivity contribution in [2.24, 2.45) is 0 Å². The van der Waals surface area contributed by atoms with Gasteiger partial charge in [0.1, 0.15) is 11.0 Å². The molecule has 0 bridgehead atoms. The normalized spacial score (nSPS) is 23.4. The molecule has 0 amide bonds. The van der Waals surface area contributed by atoms with E-state index in [0.717, 1.165) is 0 Å². The van der Waals surface area contributed by atoms with Crippen molar-refractivity contribution in [3.05, 3.63) is 102 Å². The highest BCUT2D eigenvalue weighted by molar-refractivity contribution is 5.88. The van der Waals surface area contributed by atoms with Gasteiger partial charge in [0.2, 0.25) is 0 Å². The third-order valence-electron chi connectivity index (χ3n) is 5.44. The summed E-state index contributed by atoms with van der Waals surface area (Å²) in [7, 11) is 0. The molecule has 5 rings (SSSR count). The van der Waals surface area contributed by atoms with Gasteiger partial charge in [-0.05, 0) is 17.2 Å². The minimum absolute atomic E-state index is 0. The third kappa shape index (κ3) is 2.02. The zero-order valence-corrected chi connectivity index (χ0v) is 14.9. The molecular weight excluding hydrogens is 354 g/mol. The lowest BCUT2D eigenvalue weighted by molar-refractivity contribution is -0.106. The number of nitrogens with zero attached hydrogens (tertiary/aromatic N) is 3. The summed E-state index contributed by atoms with van der Waals surface area (Å²) in [6, 6.07) is 23.7. The Hall–Kier alpha value is -3.32. The van der Waals surface area contributed by atoms with Gasteiger partial charge in [-0.2, -0.15) is 0 Å². The van der Waals surface area contributed by atoms with E-state index < -0.39 is 11.2 Å². The lowest BCUT2D eigenvalue weighted by Gasteiger charge is -2.48. The van der Waals surface area contributed by atoms with Crippen molar-refractivity contribution in [3.8, 4) is 0 Å². The molecule has 1 aliphatic heterocycles. The van der Waals surface area contributed by atoms with E-state index in [2.05, 4.69) is 16.9 Å². The van der Waals surface area contributed by atoms with Gasteiger partial charge in [-0.25, -0.2) is 4.68 Å². The molecule has 2 atom stereocenters. The summed E-state index contributed by atoms with van der Waals surface area (Å²) < 4.78 is 1.52. The molecule has 140 valence electrons. The lowest BCUT2D eigenvalue weighted by Crippen LogP contribution is -2.54. The number of aliphatic hydroxyl groups is 2. The van der Waals surface area contributed by atoms with Crippen molar-refractivity contribution >= 4 is 16.7 Å². The maximum absolute atomic E-state index is 12.2. The monoisotopic (exact) mass is 373 g/mol. The predicted octanol–water partition coefficient (Wildman–Crippen LogP) is 2.21. The van der Waals surface area contributed by atoms with Crippen molar-refractivity contribution < 1.29 is 15.7 Å². The Labute approximate surface area is 161 Å². The van der Waals surface area contributed by atoms with Gasteiger partial charge < -0.3 is 15.7 Å². The van der Waals surface area contributed by atoms with Crippen LogP contribution in [0.25, 0.3) is 16.7 Å². The van der Waals surface area contributed by atoms with Crippen LogP contribution in [0.5, 0.6) is 0 Å². The number of aromatic nitrogens is 3. The smallest absolute Gasteiger partial charge is 0.168 e. The molecule has 0 aliphatic carbocycles. The molecule has 4 aromatic rings. The molecule has 0 spiro atoms. The lowest BCUT2D eigenvalue weighted by atomic mass is 9.66. The molecular formula is C22H19N3O3. The van der Waals surface area contributed by atoms with Crippen LogP contribution in [0.15, 0.2) is 85.4 Å². The van der Waals surface area contributed by atoms with E-state index in [0.29, 0.717) is 27.7 Å². The summed E-state index contributed by atoms with van der Waals surface area (Å²) in [6.45, 7) is 4.11. The average Bonchev–Trinajstić information content (AvgIpc) is 3.17. The molecule has 3 aromatic carbocycles. The van der Waals surface area contributed by atoms with Crippen LogP contribution >= 0.6 is 0 Å². The number of benzene rings is 3. The third-order valence-corrected chi connectivity index (χ3v) is 5.44. The van der Waals surface area contributed by atoms with Crippen molar-refractivity contribution in [2.75, 3.05) is 0 Å². The first-order valence-electron chi connectivity index (χ1n) is 8.69. The molecule has 1 aliphatic rings. The van der Waals surface area contributed by atoms with E-state index >= 15 is 0 Å². The van der Waals surface area contributed by atoms with Gasteiger partial charge in [0.25, 0.3) is 0 Å². The van der Waals surface area contributed by atoms with Crippen LogP contribution < -0.4 is 0 Å². The Kier molecular flexibility index (Phi) is 3.94. The molecule has 0 unspecified atom stereocenters. The van der Waals surface area contributed by atoms with Crippen molar-refractivity contribution in [2.45, 2.75) is 11.2 Å². The summed E-state index contributed by atoms with van der Waals surface area (Å²) in [4.78, 5) is 0. The molecule has 0 radical (unpaired) electrons. The molecule has 0 saturated heterocycles. The Morgan fingerprint density at radius 1 is 0.750 bits per heavy atom. The minimum atomic E-state index is -1.83. The highest BCUT2D eigenvalue weighted by Gasteiger charge is 2.59. The number of hydrogen-bond donors (Lipinski definition) is 2. The topological polar surface area (TPSA) is 103 Å². The maximum atomic E-state index is 12.2. The molecule has 4 N–H and O–H groups in total. The standard InChI is InChI=1S/C22H17N3O2.H2O/c1-15-21(26,16-9-4-2-5-10-16)22(27,17-11-6-3-7-12-17)18-13-8-14-19-20(18)25(15)24-23-19;/h2-14,26-27H,1H2;1H2/t21-,22-;/m1./s1. The van der Waals surface area contributed by atoms with Crippen LogP contribution in [0.1, 0.15) is 16.7 Å². The number of rotatable bonds is 2. The van der Waals surface area contributed by atoms with Crippen LogP contribution in [0.2, 0.25) is 0 Å². The fourth-order valence-corrected chi connectivity index (χ4v) is 4.11. The molecule has 28 heavy (non-hydrogen) atoms. The Morgan fingerprint density at radius 2 is 1.32 bits per heavy atom. The maximum Gasteiger partial charge on any atom is 0.168 e. The first kappa shape index (κ1) is 18.1. The first-order chi connectivity index (χ1) is 13.1. The molecule has 1 aromatic heterocycles. The predicted molar refractivity (Wildman–Crippen MR) is 106 cm³/mol. The largest absolute Gasteiger partial charge is 0.412 e. The average molecular weight is 373 g/mol. The van der Waals surface area contributed by atoms with Crippen LogP contribution in [0.3, 0.4) is 0 Å². The summed E-state index contributed by atoms with van der Waals surface area (Å²) in [5.41, 5.74) is -0.421. The molecule has 6 heteroatoms. The Morgan fingerprint density at radius 3 is 1.93 bits per heavy atom. The van der Waals surface area contributed by atoms with E-state index in [1.807, 2.05) is 48.5 Å². The van der Waals surface area contributed by atoms with Crippen molar-refractivity contribution in [1.29, 1.82) is 0 Å². The second-order valence-electron chi connectivity index (χ2n) is 6.77. The van der Waals surface area contributed by atoms with Gasteiger partial charge in [-0.3, -0.25) is 0 Å². The fourth-order valence-electron chi connectivity index (χ4n) is 4.11. The second-order valence-corrected chi connectivity index (χ2v) is 6.77. The molecule has 0 saturated carbocycles. The first-order valence-corrected chi connectivity index (χ1v) is 8.69.